The molecule has 0 radical (unpaired) electrons. The molecule has 3 rings (SSSR count). The molecule has 0 unspecified atom stereocenters. The number of methoxy groups -OCH3 is 1. The van der Waals surface area contributed by atoms with Crippen molar-refractivity contribution in [2.24, 2.45) is 5.73 Å². The fourth-order valence-corrected chi connectivity index (χ4v) is 3.62. The SMILES string of the molecule is COc1ccc(CCn2c(C)c(C(N)=O)c(-c3ccc(C#N)cc3)c2C)cc1. The molecule has 0 saturated heterocycles. The van der Waals surface area contributed by atoms with Crippen LogP contribution in [-0.4, -0.2) is 17.6 Å². The molecule has 142 valence electrons. The maximum atomic E-state index is 12.2. The standard InChI is InChI=1S/C23H23N3O2/c1-15-21(19-8-4-18(14-24)5-9-19)22(23(25)27)16(2)26(15)13-12-17-6-10-20(28-3)11-7-17/h4-11H,12-13H2,1-3H3,(H2,25,27). The van der Waals surface area contributed by atoms with Gasteiger partial charge >= 0.3 is 0 Å². The average Bonchev–Trinajstić information content (AvgIpc) is 2.97. The van der Waals surface area contributed by atoms with Gasteiger partial charge in [0.15, 0.2) is 0 Å². The van der Waals surface area contributed by atoms with Crippen molar-refractivity contribution in [3.8, 4) is 22.9 Å². The number of aromatic nitrogens is 1. The van der Waals surface area contributed by atoms with Gasteiger partial charge in [0.05, 0.1) is 24.3 Å². The molecule has 0 fully saturated rings. The van der Waals surface area contributed by atoms with Crippen molar-refractivity contribution in [1.29, 1.82) is 5.26 Å². The van der Waals surface area contributed by atoms with Crippen molar-refractivity contribution in [2.75, 3.05) is 7.11 Å². The zero-order valence-electron chi connectivity index (χ0n) is 16.3. The van der Waals surface area contributed by atoms with E-state index in [4.69, 9.17) is 15.7 Å². The highest BCUT2D eigenvalue weighted by atomic mass is 16.5. The van der Waals surface area contributed by atoms with E-state index in [9.17, 15) is 4.79 Å². The van der Waals surface area contributed by atoms with Crippen molar-refractivity contribution in [2.45, 2.75) is 26.8 Å². The maximum absolute atomic E-state index is 12.2. The van der Waals surface area contributed by atoms with Crippen molar-refractivity contribution in [3.63, 3.8) is 0 Å². The number of ether oxygens (including phenoxy) is 1. The first-order valence-electron chi connectivity index (χ1n) is 9.09. The smallest absolute Gasteiger partial charge is 0.251 e. The molecule has 1 heterocycles. The molecular formula is C23H23N3O2. The highest BCUT2D eigenvalue weighted by Crippen LogP contribution is 2.32. The summed E-state index contributed by atoms with van der Waals surface area (Å²) >= 11 is 0. The first-order chi connectivity index (χ1) is 13.5. The Labute approximate surface area is 165 Å². The molecule has 3 aromatic rings. The van der Waals surface area contributed by atoms with Gasteiger partial charge in [-0.3, -0.25) is 4.79 Å². The number of hydrogen-bond acceptors (Lipinski definition) is 3. The van der Waals surface area contributed by atoms with Gasteiger partial charge in [-0.15, -0.1) is 0 Å². The summed E-state index contributed by atoms with van der Waals surface area (Å²) in [5, 5.41) is 9.02. The molecule has 1 aromatic heterocycles. The summed E-state index contributed by atoms with van der Waals surface area (Å²) in [6.45, 7) is 4.66. The van der Waals surface area contributed by atoms with Gasteiger partial charge in [0.25, 0.3) is 5.91 Å². The summed E-state index contributed by atoms with van der Waals surface area (Å²) < 4.78 is 7.34. The molecule has 0 aliphatic carbocycles. The van der Waals surface area contributed by atoms with E-state index in [-0.39, 0.29) is 0 Å². The van der Waals surface area contributed by atoms with Crippen LogP contribution in [0.15, 0.2) is 48.5 Å². The van der Waals surface area contributed by atoms with Crippen LogP contribution >= 0.6 is 0 Å². The van der Waals surface area contributed by atoms with Gasteiger partial charge in [-0.1, -0.05) is 24.3 Å². The number of aryl methyl sites for hydroxylation is 1. The minimum atomic E-state index is -0.442. The normalized spacial score (nSPS) is 10.5. The minimum absolute atomic E-state index is 0.442. The third-order valence-corrected chi connectivity index (χ3v) is 5.12. The number of carbonyl (C=O) groups is 1. The number of rotatable bonds is 6. The van der Waals surface area contributed by atoms with Crippen molar-refractivity contribution < 1.29 is 9.53 Å². The molecule has 0 saturated carbocycles. The lowest BCUT2D eigenvalue weighted by molar-refractivity contribution is 0.1000. The molecule has 0 bridgehead atoms. The maximum Gasteiger partial charge on any atom is 0.251 e. The van der Waals surface area contributed by atoms with E-state index >= 15 is 0 Å². The number of amides is 1. The molecule has 0 aliphatic heterocycles. The van der Waals surface area contributed by atoms with Crippen LogP contribution in [-0.2, 0) is 13.0 Å². The highest BCUT2D eigenvalue weighted by Gasteiger charge is 2.22. The van der Waals surface area contributed by atoms with Crippen LogP contribution in [0.2, 0.25) is 0 Å². The van der Waals surface area contributed by atoms with E-state index in [2.05, 4.69) is 10.6 Å². The second-order valence-electron chi connectivity index (χ2n) is 6.72. The zero-order valence-corrected chi connectivity index (χ0v) is 16.3. The molecule has 0 aliphatic rings. The molecular weight excluding hydrogens is 350 g/mol. The van der Waals surface area contributed by atoms with Crippen LogP contribution in [0.3, 0.4) is 0 Å². The quantitative estimate of drug-likeness (QED) is 0.709. The van der Waals surface area contributed by atoms with Crippen LogP contribution < -0.4 is 10.5 Å². The topological polar surface area (TPSA) is 81.0 Å². The van der Waals surface area contributed by atoms with Crippen LogP contribution in [0, 0.1) is 25.2 Å². The Morgan fingerprint density at radius 1 is 1.07 bits per heavy atom. The van der Waals surface area contributed by atoms with Crippen LogP contribution in [0.25, 0.3) is 11.1 Å². The molecule has 5 nitrogen and oxygen atoms in total. The molecule has 1 amide bonds. The third-order valence-electron chi connectivity index (χ3n) is 5.12. The van der Waals surface area contributed by atoms with Gasteiger partial charge < -0.3 is 15.0 Å². The monoisotopic (exact) mass is 373 g/mol. The molecule has 2 N–H and O–H groups in total. The van der Waals surface area contributed by atoms with E-state index in [1.54, 1.807) is 19.2 Å². The van der Waals surface area contributed by atoms with Gasteiger partial charge in [0.2, 0.25) is 0 Å². The second-order valence-corrected chi connectivity index (χ2v) is 6.72. The van der Waals surface area contributed by atoms with Gasteiger partial charge in [0, 0.05) is 23.5 Å². The molecule has 0 spiro atoms. The number of benzene rings is 2. The molecule has 0 atom stereocenters. The Balaban J connectivity index is 1.97. The van der Waals surface area contributed by atoms with Crippen molar-refractivity contribution in [3.05, 3.63) is 76.6 Å². The first-order valence-corrected chi connectivity index (χ1v) is 9.09. The summed E-state index contributed by atoms with van der Waals surface area (Å²) in [5.41, 5.74) is 11.6. The molecule has 28 heavy (non-hydrogen) atoms. The minimum Gasteiger partial charge on any atom is -0.497 e. The number of nitriles is 1. The summed E-state index contributed by atoms with van der Waals surface area (Å²) in [7, 11) is 1.65. The predicted octanol–water partition coefficient (Wildman–Crippen LogP) is 3.99. The predicted molar refractivity (Wildman–Crippen MR) is 109 cm³/mol. The lowest BCUT2D eigenvalue weighted by Gasteiger charge is -2.10. The Bertz CT molecular complexity index is 1040. The molecule has 5 heteroatoms. The summed E-state index contributed by atoms with van der Waals surface area (Å²) in [6.07, 6.45) is 0.825. The number of nitrogens with zero attached hydrogens (tertiary/aromatic N) is 2. The Hall–Kier alpha value is -3.52. The van der Waals surface area contributed by atoms with Crippen LogP contribution in [0.4, 0.5) is 0 Å². The number of hydrogen-bond donors (Lipinski definition) is 1. The van der Waals surface area contributed by atoms with Gasteiger partial charge in [-0.05, 0) is 55.7 Å². The van der Waals surface area contributed by atoms with Crippen molar-refractivity contribution in [1.82, 2.24) is 4.57 Å². The number of nitrogens with two attached hydrogens (primary N) is 1. The number of primary amides is 1. The van der Waals surface area contributed by atoms with E-state index in [0.29, 0.717) is 11.1 Å². The van der Waals surface area contributed by atoms with Crippen LogP contribution in [0.5, 0.6) is 5.75 Å². The Morgan fingerprint density at radius 3 is 2.25 bits per heavy atom. The Morgan fingerprint density at radius 2 is 1.71 bits per heavy atom. The third kappa shape index (κ3) is 3.63. The molecule has 2 aromatic carbocycles. The summed E-state index contributed by atoms with van der Waals surface area (Å²) in [5.74, 6) is 0.388. The fraction of sp³-hybridized carbons (Fsp3) is 0.217. The second kappa shape index (κ2) is 8.01. The van der Waals surface area contributed by atoms with Gasteiger partial charge in [-0.2, -0.15) is 5.26 Å². The van der Waals surface area contributed by atoms with E-state index in [0.717, 1.165) is 41.2 Å². The average molecular weight is 373 g/mol. The Kier molecular flexibility index (Phi) is 5.51. The summed E-state index contributed by atoms with van der Waals surface area (Å²) in [4.78, 5) is 12.2. The first kappa shape index (κ1) is 19.2. The fourth-order valence-electron chi connectivity index (χ4n) is 3.62. The van der Waals surface area contributed by atoms with Gasteiger partial charge in [-0.25, -0.2) is 0 Å². The van der Waals surface area contributed by atoms with E-state index < -0.39 is 5.91 Å². The lowest BCUT2D eigenvalue weighted by atomic mass is 9.99. The zero-order chi connectivity index (χ0) is 20.3. The highest BCUT2D eigenvalue weighted by molar-refractivity contribution is 6.02. The summed E-state index contributed by atoms with van der Waals surface area (Å²) in [6, 6.07) is 17.3. The van der Waals surface area contributed by atoms with Crippen molar-refractivity contribution >= 4 is 5.91 Å². The lowest BCUT2D eigenvalue weighted by Crippen LogP contribution is -2.13. The van der Waals surface area contributed by atoms with E-state index in [1.165, 1.54) is 5.56 Å². The number of carbonyl (C=O) groups excluding carboxylic acids is 1. The van der Waals surface area contributed by atoms with Crippen LogP contribution in [0.1, 0.15) is 32.9 Å². The largest absolute Gasteiger partial charge is 0.497 e. The van der Waals surface area contributed by atoms with E-state index in [1.807, 2.05) is 50.2 Å². The van der Waals surface area contributed by atoms with Gasteiger partial charge in [0.1, 0.15) is 5.75 Å².